The number of aromatic nitrogens is 1. The molecule has 0 spiro atoms. The largest absolute Gasteiger partial charge is 0.357 e. The van der Waals surface area contributed by atoms with Gasteiger partial charge in [-0.05, 0) is 36.3 Å². The van der Waals surface area contributed by atoms with E-state index in [9.17, 15) is 32.3 Å². The van der Waals surface area contributed by atoms with Gasteiger partial charge in [0.2, 0.25) is 5.91 Å². The molecule has 1 atom stereocenters. The van der Waals surface area contributed by atoms with Crippen molar-refractivity contribution in [1.82, 2.24) is 15.2 Å². The lowest BCUT2D eigenvalue weighted by molar-refractivity contribution is -0.164. The number of hydrogen-bond acceptors (Lipinski definition) is 4. The molecule has 1 fully saturated rings. The number of allylic oxidation sites excluding steroid dienone is 1. The molecule has 8 nitrogen and oxygen atoms in total. The monoisotopic (exact) mass is 536 g/mol. The molecule has 0 bridgehead atoms. The minimum Gasteiger partial charge on any atom is -0.357 e. The molecule has 1 aromatic carbocycles. The van der Waals surface area contributed by atoms with Crippen LogP contribution in [0.15, 0.2) is 24.8 Å². The lowest BCUT2D eigenvalue weighted by atomic mass is 9.72. The molecule has 2 aromatic rings. The van der Waals surface area contributed by atoms with Gasteiger partial charge < -0.3 is 20.5 Å². The molecule has 2 heterocycles. The Bertz CT molecular complexity index is 1380. The summed E-state index contributed by atoms with van der Waals surface area (Å²) in [6.07, 6.45) is -1.88. The summed E-state index contributed by atoms with van der Waals surface area (Å²) in [5.74, 6) is -7.80. The quantitative estimate of drug-likeness (QED) is 0.386. The lowest BCUT2D eigenvalue weighted by Crippen LogP contribution is -2.69. The van der Waals surface area contributed by atoms with Gasteiger partial charge in [-0.1, -0.05) is 25.1 Å². The molecular formula is C25H24ClF3N4O4. The SMILES string of the molecule is C=C1c2c(C(=O)C(=O)NC3(C(=O)NC)CC(F)(F)C3)c(C)c(C(=O)Nc3ccc(F)c(Cl)c3)n2C[C@@H]1C. The van der Waals surface area contributed by atoms with Gasteiger partial charge in [0, 0.05) is 38.0 Å². The highest BCUT2D eigenvalue weighted by atomic mass is 35.5. The Morgan fingerprint density at radius 1 is 1.19 bits per heavy atom. The van der Waals surface area contributed by atoms with Crippen LogP contribution >= 0.6 is 11.6 Å². The third kappa shape index (κ3) is 4.41. The highest BCUT2D eigenvalue weighted by Gasteiger charge is 2.62. The van der Waals surface area contributed by atoms with Gasteiger partial charge in [0.15, 0.2) is 0 Å². The van der Waals surface area contributed by atoms with Crippen LogP contribution in [0.5, 0.6) is 0 Å². The second kappa shape index (κ2) is 9.05. The predicted octanol–water partition coefficient (Wildman–Crippen LogP) is 3.72. The van der Waals surface area contributed by atoms with Crippen LogP contribution in [-0.4, -0.2) is 46.6 Å². The number of nitrogens with zero attached hydrogens (tertiary/aromatic N) is 1. The zero-order valence-corrected chi connectivity index (χ0v) is 21.0. The van der Waals surface area contributed by atoms with Crippen molar-refractivity contribution >= 4 is 46.4 Å². The van der Waals surface area contributed by atoms with E-state index in [4.69, 9.17) is 11.6 Å². The number of nitrogens with one attached hydrogen (secondary N) is 3. The Hall–Kier alpha value is -3.60. The molecule has 3 amide bonds. The van der Waals surface area contributed by atoms with Crippen molar-refractivity contribution in [2.24, 2.45) is 5.92 Å². The van der Waals surface area contributed by atoms with Crippen molar-refractivity contribution in [1.29, 1.82) is 0 Å². The molecule has 1 saturated carbocycles. The number of rotatable bonds is 6. The summed E-state index contributed by atoms with van der Waals surface area (Å²) in [6.45, 7) is 7.60. The van der Waals surface area contributed by atoms with Crippen molar-refractivity contribution in [2.45, 2.75) is 44.7 Å². The second-order valence-electron chi connectivity index (χ2n) is 9.47. The van der Waals surface area contributed by atoms with Crippen molar-refractivity contribution in [2.75, 3.05) is 12.4 Å². The number of amides is 3. The second-order valence-corrected chi connectivity index (χ2v) is 9.88. The van der Waals surface area contributed by atoms with Crippen LogP contribution in [0, 0.1) is 18.7 Å². The van der Waals surface area contributed by atoms with Crippen molar-refractivity contribution < 1.29 is 32.3 Å². The first-order valence-corrected chi connectivity index (χ1v) is 11.7. The minimum atomic E-state index is -3.16. The normalized spacial score (nSPS) is 19.0. The van der Waals surface area contributed by atoms with Gasteiger partial charge in [0.05, 0.1) is 16.3 Å². The van der Waals surface area contributed by atoms with Crippen LogP contribution in [0.2, 0.25) is 5.02 Å². The Labute approximate surface area is 215 Å². The summed E-state index contributed by atoms with van der Waals surface area (Å²) in [6, 6.07) is 3.63. The summed E-state index contributed by atoms with van der Waals surface area (Å²) in [4.78, 5) is 51.9. The van der Waals surface area contributed by atoms with Crippen molar-refractivity contribution in [3.63, 3.8) is 0 Å². The maximum atomic E-state index is 13.7. The number of carbonyl (C=O) groups excluding carboxylic acids is 4. The van der Waals surface area contributed by atoms with Crippen LogP contribution in [0.25, 0.3) is 5.57 Å². The number of anilines is 1. The number of carbonyl (C=O) groups is 4. The number of alkyl halides is 2. The average molecular weight is 537 g/mol. The summed E-state index contributed by atoms with van der Waals surface area (Å²) in [5.41, 5.74) is -0.781. The Morgan fingerprint density at radius 3 is 2.41 bits per heavy atom. The molecule has 1 aromatic heterocycles. The molecule has 0 unspecified atom stereocenters. The van der Waals surface area contributed by atoms with E-state index in [0.717, 1.165) is 6.07 Å². The van der Waals surface area contributed by atoms with Gasteiger partial charge in [0.25, 0.3) is 23.5 Å². The van der Waals surface area contributed by atoms with E-state index in [2.05, 4.69) is 22.5 Å². The minimum absolute atomic E-state index is 0.0771. The fraction of sp³-hybridized carbons (Fsp3) is 0.360. The van der Waals surface area contributed by atoms with Gasteiger partial charge in [0.1, 0.15) is 17.1 Å². The summed E-state index contributed by atoms with van der Waals surface area (Å²) in [7, 11) is 1.24. The smallest absolute Gasteiger partial charge is 0.293 e. The molecule has 1 aliphatic heterocycles. The number of likely N-dealkylation sites (N-methyl/N-ethyl adjacent to an activating group) is 1. The Morgan fingerprint density at radius 2 is 1.84 bits per heavy atom. The molecule has 0 saturated heterocycles. The van der Waals surface area contributed by atoms with E-state index < -0.39 is 53.6 Å². The first-order chi connectivity index (χ1) is 17.2. The molecule has 196 valence electrons. The molecule has 4 rings (SSSR count). The number of hydrogen-bond donors (Lipinski definition) is 3. The van der Waals surface area contributed by atoms with Crippen LogP contribution in [0.4, 0.5) is 18.9 Å². The van der Waals surface area contributed by atoms with Gasteiger partial charge in [-0.2, -0.15) is 0 Å². The first-order valence-electron chi connectivity index (χ1n) is 11.4. The molecular weight excluding hydrogens is 513 g/mol. The topological polar surface area (TPSA) is 109 Å². The molecule has 0 radical (unpaired) electrons. The fourth-order valence-electron chi connectivity index (χ4n) is 4.98. The van der Waals surface area contributed by atoms with E-state index >= 15 is 0 Å². The summed E-state index contributed by atoms with van der Waals surface area (Å²) in [5, 5.41) is 6.85. The van der Waals surface area contributed by atoms with E-state index in [-0.39, 0.29) is 39.1 Å². The maximum absolute atomic E-state index is 13.7. The lowest BCUT2D eigenvalue weighted by Gasteiger charge is -2.45. The van der Waals surface area contributed by atoms with Gasteiger partial charge in [-0.15, -0.1) is 0 Å². The molecule has 37 heavy (non-hydrogen) atoms. The predicted molar refractivity (Wildman–Crippen MR) is 130 cm³/mol. The zero-order valence-electron chi connectivity index (χ0n) is 20.2. The summed E-state index contributed by atoms with van der Waals surface area (Å²) < 4.78 is 42.4. The molecule has 1 aliphatic carbocycles. The van der Waals surface area contributed by atoms with E-state index in [0.29, 0.717) is 12.1 Å². The highest BCUT2D eigenvalue weighted by molar-refractivity contribution is 6.44. The Kier molecular flexibility index (Phi) is 6.48. The first kappa shape index (κ1) is 26.5. The van der Waals surface area contributed by atoms with E-state index in [1.54, 1.807) is 4.57 Å². The molecule has 2 aliphatic rings. The molecule has 3 N–H and O–H groups in total. The number of Topliss-reactive ketones (excluding diaryl/α,β-unsaturated/α-hetero) is 1. The van der Waals surface area contributed by atoms with Crippen LogP contribution < -0.4 is 16.0 Å². The van der Waals surface area contributed by atoms with Gasteiger partial charge in [-0.25, -0.2) is 13.2 Å². The van der Waals surface area contributed by atoms with Crippen molar-refractivity contribution in [3.8, 4) is 0 Å². The maximum Gasteiger partial charge on any atom is 0.293 e. The van der Waals surface area contributed by atoms with Crippen LogP contribution in [-0.2, 0) is 16.1 Å². The number of benzene rings is 1. The highest BCUT2D eigenvalue weighted by Crippen LogP contribution is 2.46. The number of fused-ring (bicyclic) bond motifs is 1. The van der Waals surface area contributed by atoms with Gasteiger partial charge in [-0.3, -0.25) is 19.2 Å². The van der Waals surface area contributed by atoms with Crippen molar-refractivity contribution in [3.05, 3.63) is 58.1 Å². The third-order valence-electron chi connectivity index (χ3n) is 6.82. The zero-order chi connectivity index (χ0) is 27.4. The number of ketones is 1. The van der Waals surface area contributed by atoms with Crippen LogP contribution in [0.1, 0.15) is 51.9 Å². The van der Waals surface area contributed by atoms with E-state index in [1.807, 2.05) is 6.92 Å². The third-order valence-corrected chi connectivity index (χ3v) is 7.11. The molecule has 12 heteroatoms. The fourth-order valence-corrected chi connectivity index (χ4v) is 5.16. The van der Waals surface area contributed by atoms with Crippen LogP contribution in [0.3, 0.4) is 0 Å². The number of halogens is 4. The Balaban J connectivity index is 1.69. The van der Waals surface area contributed by atoms with Gasteiger partial charge >= 0.3 is 0 Å². The standard InChI is InChI=1S/C25H24ClF3N4O4/c1-11-8-33-18(12(11)2)17(13(3)19(33)21(35)31-14-5-6-16(27)15(26)7-14)20(34)22(36)32-24(23(37)30-4)9-25(28,29)10-24/h5-7,11H,2,8-10H2,1,3-4H3,(H,30,37)(H,31,35)(H,32,36)/t11-/m0/s1. The summed E-state index contributed by atoms with van der Waals surface area (Å²) >= 11 is 5.80. The van der Waals surface area contributed by atoms with E-state index in [1.165, 1.54) is 26.1 Å². The average Bonchev–Trinajstić information content (AvgIpc) is 3.24.